The summed E-state index contributed by atoms with van der Waals surface area (Å²) < 4.78 is 35.0. The van der Waals surface area contributed by atoms with Gasteiger partial charge in [-0.2, -0.15) is 0 Å². The minimum Gasteiger partial charge on any atom is -0.375 e. The molecule has 35 heavy (non-hydrogen) atoms. The van der Waals surface area contributed by atoms with E-state index in [2.05, 4.69) is 33.5 Å². The number of morpholine rings is 1. The summed E-state index contributed by atoms with van der Waals surface area (Å²) in [5.74, 6) is -1.22. The van der Waals surface area contributed by atoms with Gasteiger partial charge in [0.2, 0.25) is 5.91 Å². The number of rotatable bonds is 8. The minimum absolute atomic E-state index is 0.0311. The monoisotopic (exact) mass is 541 g/mol. The third kappa shape index (κ3) is 6.97. The number of ether oxygens (including phenoxy) is 1. The molecule has 1 aliphatic heterocycles. The third-order valence-corrected chi connectivity index (χ3v) is 6.74. The van der Waals surface area contributed by atoms with Gasteiger partial charge in [-0.3, -0.25) is 4.79 Å². The smallest absolute Gasteiger partial charge is 0.225 e. The Kier molecular flexibility index (Phi) is 8.65. The first-order valence-corrected chi connectivity index (χ1v) is 12.4. The fourth-order valence-corrected chi connectivity index (χ4v) is 4.56. The molecule has 4 nitrogen and oxygen atoms in total. The summed E-state index contributed by atoms with van der Waals surface area (Å²) in [5, 5.41) is 6.17. The van der Waals surface area contributed by atoms with Crippen molar-refractivity contribution in [3.8, 4) is 0 Å². The van der Waals surface area contributed by atoms with Crippen molar-refractivity contribution >= 4 is 27.5 Å². The van der Waals surface area contributed by atoms with Gasteiger partial charge in [0, 0.05) is 40.6 Å². The first kappa shape index (κ1) is 25.5. The Morgan fingerprint density at radius 2 is 1.77 bits per heavy atom. The predicted octanol–water partition coefficient (Wildman–Crippen LogP) is 6.01. The van der Waals surface area contributed by atoms with Gasteiger partial charge in [-0.1, -0.05) is 46.3 Å². The van der Waals surface area contributed by atoms with Crippen LogP contribution in [0.3, 0.4) is 0 Å². The highest BCUT2D eigenvalue weighted by Gasteiger charge is 2.22. The lowest BCUT2D eigenvalue weighted by Gasteiger charge is -2.28. The second-order valence-electron chi connectivity index (χ2n) is 8.77. The lowest BCUT2D eigenvalue weighted by Crippen LogP contribution is -2.45. The highest BCUT2D eigenvalue weighted by molar-refractivity contribution is 9.10. The molecule has 1 fully saturated rings. The summed E-state index contributed by atoms with van der Waals surface area (Å²) in [5.41, 5.74) is 2.68. The van der Waals surface area contributed by atoms with Crippen LogP contribution < -0.4 is 10.6 Å². The third-order valence-electron chi connectivity index (χ3n) is 6.21. The number of nitrogens with one attached hydrogen (secondary N) is 2. The van der Waals surface area contributed by atoms with E-state index >= 15 is 0 Å². The molecule has 0 unspecified atom stereocenters. The Hall–Kier alpha value is -2.61. The lowest BCUT2D eigenvalue weighted by atomic mass is 9.88. The van der Waals surface area contributed by atoms with Crippen LogP contribution in [0.5, 0.6) is 0 Å². The molecule has 7 heteroatoms. The van der Waals surface area contributed by atoms with Gasteiger partial charge in [-0.25, -0.2) is 8.78 Å². The number of halogens is 3. The van der Waals surface area contributed by atoms with Crippen molar-refractivity contribution in [3.05, 3.63) is 106 Å². The molecule has 1 radical (unpaired) electrons. The summed E-state index contributed by atoms with van der Waals surface area (Å²) >= 11 is 3.44. The van der Waals surface area contributed by atoms with Crippen LogP contribution in [0.25, 0.3) is 0 Å². The van der Waals surface area contributed by atoms with Crippen molar-refractivity contribution in [2.45, 2.75) is 37.3 Å². The van der Waals surface area contributed by atoms with Gasteiger partial charge in [-0.05, 0) is 67.3 Å². The maximum Gasteiger partial charge on any atom is 0.225 e. The number of carbonyl (C=O) groups is 1. The number of benzene rings is 3. The van der Waals surface area contributed by atoms with E-state index in [0.29, 0.717) is 37.2 Å². The Balaban J connectivity index is 1.49. The van der Waals surface area contributed by atoms with E-state index in [1.807, 2.05) is 24.3 Å². The van der Waals surface area contributed by atoms with E-state index < -0.39 is 0 Å². The van der Waals surface area contributed by atoms with Crippen molar-refractivity contribution in [1.82, 2.24) is 5.32 Å². The van der Waals surface area contributed by atoms with E-state index in [9.17, 15) is 13.6 Å². The summed E-state index contributed by atoms with van der Waals surface area (Å²) in [6, 6.07) is 18.6. The SMILES string of the molecule is [CH2][C@H]1CO[C@H](CCc2c(F)cccc2NC(=O)C[C@H](c2ccc(F)cc2)c2ccc(Br)cc2)CN1. The average Bonchev–Trinajstić information content (AvgIpc) is 2.84. The zero-order chi connectivity index (χ0) is 24.8. The number of anilines is 1. The number of hydrogen-bond donors (Lipinski definition) is 2. The summed E-state index contributed by atoms with van der Waals surface area (Å²) in [6.07, 6.45) is 1.16. The molecule has 2 N–H and O–H groups in total. The molecule has 183 valence electrons. The van der Waals surface area contributed by atoms with Crippen molar-refractivity contribution in [2.24, 2.45) is 0 Å². The highest BCUT2D eigenvalue weighted by atomic mass is 79.9. The van der Waals surface area contributed by atoms with Crippen LogP contribution in [0.15, 0.2) is 71.2 Å². The second-order valence-corrected chi connectivity index (χ2v) is 9.69. The van der Waals surface area contributed by atoms with Crippen LogP contribution in [0.1, 0.15) is 35.4 Å². The molecule has 1 aliphatic rings. The number of amides is 1. The van der Waals surface area contributed by atoms with Gasteiger partial charge in [0.1, 0.15) is 11.6 Å². The van der Waals surface area contributed by atoms with Crippen molar-refractivity contribution < 1.29 is 18.3 Å². The first-order valence-electron chi connectivity index (χ1n) is 11.7. The van der Waals surface area contributed by atoms with Gasteiger partial charge in [0.15, 0.2) is 0 Å². The maximum atomic E-state index is 14.7. The first-order chi connectivity index (χ1) is 16.9. The fraction of sp³-hybridized carbons (Fsp3) is 0.286. The molecule has 3 atom stereocenters. The van der Waals surface area contributed by atoms with E-state index in [1.54, 1.807) is 24.3 Å². The predicted molar refractivity (Wildman–Crippen MR) is 137 cm³/mol. The lowest BCUT2D eigenvalue weighted by molar-refractivity contribution is -0.116. The molecule has 0 saturated carbocycles. The summed E-state index contributed by atoms with van der Waals surface area (Å²) in [6.45, 7) is 5.11. The Labute approximate surface area is 213 Å². The largest absolute Gasteiger partial charge is 0.375 e. The molecule has 1 heterocycles. The van der Waals surface area contributed by atoms with Crippen molar-refractivity contribution in [2.75, 3.05) is 18.5 Å². The molecule has 0 bridgehead atoms. The minimum atomic E-state index is -0.357. The zero-order valence-electron chi connectivity index (χ0n) is 19.3. The van der Waals surface area contributed by atoms with Crippen LogP contribution >= 0.6 is 15.9 Å². The van der Waals surface area contributed by atoms with Gasteiger partial charge in [-0.15, -0.1) is 0 Å². The van der Waals surface area contributed by atoms with Crippen molar-refractivity contribution in [1.29, 1.82) is 0 Å². The number of hydrogen-bond acceptors (Lipinski definition) is 3. The normalized spacial score (nSPS) is 18.7. The molecule has 1 saturated heterocycles. The molecular formula is C28H28BrF2N2O2. The summed E-state index contributed by atoms with van der Waals surface area (Å²) in [4.78, 5) is 13.2. The standard InChI is InChI=1S/C28H28BrF2N2O2/c1-18-17-35-23(16-32-18)13-14-24-26(31)3-2-4-27(24)33-28(34)15-25(19-5-9-21(29)10-6-19)20-7-11-22(30)12-8-20/h2-12,18,23,25,32H,1,13-17H2,(H,33,34)/t18-,23+,25-/m0/s1. The topological polar surface area (TPSA) is 50.4 Å². The van der Waals surface area contributed by atoms with E-state index in [4.69, 9.17) is 4.74 Å². The maximum absolute atomic E-state index is 14.7. The van der Waals surface area contributed by atoms with E-state index in [1.165, 1.54) is 18.2 Å². The fourth-order valence-electron chi connectivity index (χ4n) is 4.29. The van der Waals surface area contributed by atoms with Gasteiger partial charge >= 0.3 is 0 Å². The van der Waals surface area contributed by atoms with Crippen LogP contribution in [0.2, 0.25) is 0 Å². The van der Waals surface area contributed by atoms with Crippen LogP contribution in [-0.2, 0) is 16.0 Å². The van der Waals surface area contributed by atoms with Gasteiger partial charge < -0.3 is 15.4 Å². The number of carbonyl (C=O) groups excluding carboxylic acids is 1. The Bertz CT molecular complexity index is 1090. The molecule has 1 amide bonds. The quantitative estimate of drug-likeness (QED) is 0.367. The second kappa shape index (κ2) is 11.9. The van der Waals surface area contributed by atoms with Crippen LogP contribution in [0.4, 0.5) is 14.5 Å². The Morgan fingerprint density at radius 1 is 1.09 bits per heavy atom. The van der Waals surface area contributed by atoms with Crippen LogP contribution in [-0.4, -0.2) is 31.2 Å². The average molecular weight is 542 g/mol. The van der Waals surface area contributed by atoms with Gasteiger partial charge in [0.25, 0.3) is 0 Å². The van der Waals surface area contributed by atoms with Gasteiger partial charge in [0.05, 0.1) is 12.7 Å². The molecule has 3 aromatic rings. The van der Waals surface area contributed by atoms with E-state index in [-0.39, 0.29) is 42.0 Å². The molecule has 4 rings (SSSR count). The zero-order valence-corrected chi connectivity index (χ0v) is 20.9. The Morgan fingerprint density at radius 3 is 2.43 bits per heavy atom. The molecule has 0 spiro atoms. The van der Waals surface area contributed by atoms with E-state index in [0.717, 1.165) is 15.6 Å². The summed E-state index contributed by atoms with van der Waals surface area (Å²) in [7, 11) is 0. The molecular weight excluding hydrogens is 514 g/mol. The molecule has 3 aromatic carbocycles. The van der Waals surface area contributed by atoms with Crippen molar-refractivity contribution in [3.63, 3.8) is 0 Å². The molecule has 0 aliphatic carbocycles. The molecule has 0 aromatic heterocycles. The highest BCUT2D eigenvalue weighted by Crippen LogP contribution is 2.30. The van der Waals surface area contributed by atoms with Crippen LogP contribution in [0, 0.1) is 18.6 Å².